The topological polar surface area (TPSA) is 12.5 Å². The first-order chi connectivity index (χ1) is 7.34. The van der Waals surface area contributed by atoms with E-state index in [2.05, 4.69) is 11.0 Å². The lowest BCUT2D eigenvalue weighted by atomic mass is 10.1. The van der Waals surface area contributed by atoms with E-state index in [0.717, 1.165) is 44.3 Å². The second-order valence-corrected chi connectivity index (χ2v) is 4.27. The molecule has 1 aliphatic heterocycles. The fourth-order valence-electron chi connectivity index (χ4n) is 1.80. The lowest BCUT2D eigenvalue weighted by Crippen LogP contribution is -2.37. The van der Waals surface area contributed by atoms with Gasteiger partial charge in [-0.1, -0.05) is 23.7 Å². The predicted molar refractivity (Wildman–Crippen MR) is 62.4 cm³/mol. The summed E-state index contributed by atoms with van der Waals surface area (Å²) < 4.78 is 5.31. The van der Waals surface area contributed by atoms with E-state index < -0.39 is 0 Å². The maximum absolute atomic E-state index is 5.93. The minimum absolute atomic E-state index is 0.828. The monoisotopic (exact) mass is 225 g/mol. The maximum atomic E-state index is 5.93. The molecule has 15 heavy (non-hydrogen) atoms. The average Bonchev–Trinajstić information content (AvgIpc) is 2.28. The molecule has 2 rings (SSSR count). The Morgan fingerprint density at radius 1 is 1.27 bits per heavy atom. The standard InChI is InChI=1S/C12H16ClNO/c13-12-3-1-2-11(10-12)4-5-14-6-8-15-9-7-14/h1-3,10H,4-9H2. The molecule has 1 fully saturated rings. The number of rotatable bonds is 3. The Morgan fingerprint density at radius 2 is 2.07 bits per heavy atom. The Labute approximate surface area is 95.8 Å². The minimum Gasteiger partial charge on any atom is -0.379 e. The van der Waals surface area contributed by atoms with E-state index in [0.29, 0.717) is 0 Å². The van der Waals surface area contributed by atoms with Crippen LogP contribution in [0.25, 0.3) is 0 Å². The van der Waals surface area contributed by atoms with Crippen LogP contribution in [0.5, 0.6) is 0 Å². The number of halogens is 1. The summed E-state index contributed by atoms with van der Waals surface area (Å²) >= 11 is 5.93. The van der Waals surface area contributed by atoms with Crippen molar-refractivity contribution in [3.63, 3.8) is 0 Å². The third kappa shape index (κ3) is 3.49. The first-order valence-corrected chi connectivity index (χ1v) is 5.77. The largest absolute Gasteiger partial charge is 0.379 e. The van der Waals surface area contributed by atoms with Gasteiger partial charge in [-0.2, -0.15) is 0 Å². The Bertz CT molecular complexity index is 310. The van der Waals surface area contributed by atoms with Crippen LogP contribution in [-0.2, 0) is 11.2 Å². The molecule has 1 aliphatic rings. The molecule has 0 unspecified atom stereocenters. The average molecular weight is 226 g/mol. The zero-order valence-corrected chi connectivity index (χ0v) is 9.54. The fraction of sp³-hybridized carbons (Fsp3) is 0.500. The van der Waals surface area contributed by atoms with Gasteiger partial charge in [0.15, 0.2) is 0 Å². The summed E-state index contributed by atoms with van der Waals surface area (Å²) in [5.74, 6) is 0. The van der Waals surface area contributed by atoms with Crippen LogP contribution in [0.4, 0.5) is 0 Å². The van der Waals surface area contributed by atoms with Crippen LogP contribution in [0, 0.1) is 0 Å². The molecule has 1 aromatic rings. The number of ether oxygens (including phenoxy) is 1. The summed E-state index contributed by atoms with van der Waals surface area (Å²) in [4.78, 5) is 2.43. The number of morpholine rings is 1. The lowest BCUT2D eigenvalue weighted by molar-refractivity contribution is 0.0384. The molecule has 0 aromatic heterocycles. The van der Waals surface area contributed by atoms with Gasteiger partial charge >= 0.3 is 0 Å². The van der Waals surface area contributed by atoms with Crippen molar-refractivity contribution in [3.8, 4) is 0 Å². The van der Waals surface area contributed by atoms with Crippen molar-refractivity contribution in [2.45, 2.75) is 6.42 Å². The zero-order valence-electron chi connectivity index (χ0n) is 8.79. The van der Waals surface area contributed by atoms with Gasteiger partial charge in [-0.05, 0) is 24.1 Å². The highest BCUT2D eigenvalue weighted by atomic mass is 35.5. The Kier molecular flexibility index (Phi) is 4.01. The van der Waals surface area contributed by atoms with Crippen molar-refractivity contribution in [3.05, 3.63) is 34.9 Å². The van der Waals surface area contributed by atoms with Crippen LogP contribution < -0.4 is 0 Å². The van der Waals surface area contributed by atoms with Crippen molar-refractivity contribution in [1.82, 2.24) is 4.90 Å². The van der Waals surface area contributed by atoms with Gasteiger partial charge in [0.2, 0.25) is 0 Å². The van der Waals surface area contributed by atoms with Gasteiger partial charge < -0.3 is 4.74 Å². The first kappa shape index (κ1) is 10.9. The summed E-state index contributed by atoms with van der Waals surface area (Å²) in [6, 6.07) is 8.10. The quantitative estimate of drug-likeness (QED) is 0.782. The lowest BCUT2D eigenvalue weighted by Gasteiger charge is -2.26. The summed E-state index contributed by atoms with van der Waals surface area (Å²) in [6.45, 7) is 4.95. The van der Waals surface area contributed by atoms with Crippen LogP contribution in [0.2, 0.25) is 5.02 Å². The second-order valence-electron chi connectivity index (χ2n) is 3.83. The van der Waals surface area contributed by atoms with E-state index in [1.165, 1.54) is 5.56 Å². The summed E-state index contributed by atoms with van der Waals surface area (Å²) in [6.07, 6.45) is 1.07. The molecule has 0 atom stereocenters. The molecule has 82 valence electrons. The molecule has 0 radical (unpaired) electrons. The molecule has 0 bridgehead atoms. The van der Waals surface area contributed by atoms with Crippen LogP contribution >= 0.6 is 11.6 Å². The molecular weight excluding hydrogens is 210 g/mol. The Morgan fingerprint density at radius 3 is 2.80 bits per heavy atom. The van der Waals surface area contributed by atoms with E-state index >= 15 is 0 Å². The summed E-state index contributed by atoms with van der Waals surface area (Å²) in [7, 11) is 0. The Hall–Kier alpha value is -0.570. The summed E-state index contributed by atoms with van der Waals surface area (Å²) in [5, 5.41) is 0.828. The van der Waals surface area contributed by atoms with Gasteiger partial charge in [0.05, 0.1) is 13.2 Å². The first-order valence-electron chi connectivity index (χ1n) is 5.39. The number of hydrogen-bond acceptors (Lipinski definition) is 2. The zero-order chi connectivity index (χ0) is 10.5. The van der Waals surface area contributed by atoms with Crippen molar-refractivity contribution in [2.24, 2.45) is 0 Å². The molecule has 3 heteroatoms. The van der Waals surface area contributed by atoms with Gasteiger partial charge in [0, 0.05) is 24.7 Å². The molecule has 0 aliphatic carbocycles. The molecule has 0 N–H and O–H groups in total. The third-order valence-corrected chi connectivity index (χ3v) is 2.94. The molecule has 2 nitrogen and oxygen atoms in total. The number of nitrogens with zero attached hydrogens (tertiary/aromatic N) is 1. The van der Waals surface area contributed by atoms with Gasteiger partial charge in [-0.25, -0.2) is 0 Å². The molecule has 0 saturated carbocycles. The van der Waals surface area contributed by atoms with Crippen molar-refractivity contribution >= 4 is 11.6 Å². The number of benzene rings is 1. The second kappa shape index (κ2) is 5.50. The maximum Gasteiger partial charge on any atom is 0.0594 e. The molecule has 0 spiro atoms. The highest BCUT2D eigenvalue weighted by molar-refractivity contribution is 6.30. The molecule has 1 aromatic carbocycles. The van der Waals surface area contributed by atoms with Gasteiger partial charge in [-0.15, -0.1) is 0 Å². The Balaban J connectivity index is 1.81. The van der Waals surface area contributed by atoms with E-state index in [1.54, 1.807) is 0 Å². The highest BCUT2D eigenvalue weighted by Gasteiger charge is 2.09. The minimum atomic E-state index is 0.828. The van der Waals surface area contributed by atoms with E-state index in [-0.39, 0.29) is 0 Å². The fourth-order valence-corrected chi connectivity index (χ4v) is 2.02. The van der Waals surface area contributed by atoms with Gasteiger partial charge in [0.25, 0.3) is 0 Å². The summed E-state index contributed by atoms with van der Waals surface area (Å²) in [5.41, 5.74) is 1.31. The smallest absolute Gasteiger partial charge is 0.0594 e. The SMILES string of the molecule is Clc1cccc(CCN2CCOCC2)c1. The molecule has 1 heterocycles. The van der Waals surface area contributed by atoms with Crippen molar-refractivity contribution < 1.29 is 4.74 Å². The molecular formula is C12H16ClNO. The third-order valence-electron chi connectivity index (χ3n) is 2.71. The predicted octanol–water partition coefficient (Wildman–Crippen LogP) is 2.21. The normalized spacial score (nSPS) is 17.9. The molecule has 0 amide bonds. The van der Waals surface area contributed by atoms with Crippen molar-refractivity contribution in [1.29, 1.82) is 0 Å². The van der Waals surface area contributed by atoms with E-state index in [1.807, 2.05) is 18.2 Å². The van der Waals surface area contributed by atoms with Crippen molar-refractivity contribution in [2.75, 3.05) is 32.8 Å². The van der Waals surface area contributed by atoms with E-state index in [4.69, 9.17) is 16.3 Å². The van der Waals surface area contributed by atoms with Crippen LogP contribution in [0.15, 0.2) is 24.3 Å². The van der Waals surface area contributed by atoms with Gasteiger partial charge in [-0.3, -0.25) is 4.90 Å². The molecule has 1 saturated heterocycles. The van der Waals surface area contributed by atoms with Gasteiger partial charge in [0.1, 0.15) is 0 Å². The van der Waals surface area contributed by atoms with E-state index in [9.17, 15) is 0 Å². The van der Waals surface area contributed by atoms with Crippen LogP contribution in [0.3, 0.4) is 0 Å². The number of hydrogen-bond donors (Lipinski definition) is 0. The van der Waals surface area contributed by atoms with Crippen LogP contribution in [-0.4, -0.2) is 37.7 Å². The highest BCUT2D eigenvalue weighted by Crippen LogP contribution is 2.11. The van der Waals surface area contributed by atoms with Crippen LogP contribution in [0.1, 0.15) is 5.56 Å².